The van der Waals surface area contributed by atoms with Crippen molar-refractivity contribution < 1.29 is 28.6 Å². The van der Waals surface area contributed by atoms with Crippen molar-refractivity contribution in [1.29, 1.82) is 0 Å². The third kappa shape index (κ3) is 59.7. The molecular formula is C68H120O6. The van der Waals surface area contributed by atoms with E-state index in [9.17, 15) is 14.4 Å². The highest BCUT2D eigenvalue weighted by Gasteiger charge is 2.19. The van der Waals surface area contributed by atoms with E-state index in [4.69, 9.17) is 14.2 Å². The van der Waals surface area contributed by atoms with E-state index in [1.807, 2.05) is 6.08 Å². The fourth-order valence-electron chi connectivity index (χ4n) is 9.20. The van der Waals surface area contributed by atoms with Gasteiger partial charge in [-0.05, 0) is 70.6 Å². The van der Waals surface area contributed by atoms with Crippen LogP contribution in [0.4, 0.5) is 0 Å². The van der Waals surface area contributed by atoms with Crippen LogP contribution < -0.4 is 0 Å². The van der Waals surface area contributed by atoms with Gasteiger partial charge in [0.25, 0.3) is 0 Å². The number of ether oxygens (including phenoxy) is 3. The maximum absolute atomic E-state index is 12.8. The van der Waals surface area contributed by atoms with E-state index >= 15 is 0 Å². The molecule has 1 atom stereocenters. The van der Waals surface area contributed by atoms with Crippen LogP contribution in [0.3, 0.4) is 0 Å². The second kappa shape index (κ2) is 62.4. The third-order valence-corrected chi connectivity index (χ3v) is 13.9. The second-order valence-corrected chi connectivity index (χ2v) is 21.3. The molecule has 0 aromatic rings. The van der Waals surface area contributed by atoms with Gasteiger partial charge < -0.3 is 14.2 Å². The standard InChI is InChI=1S/C68H120O6/c1-4-7-10-13-16-19-22-25-26-27-28-29-30-31-32-33-34-35-36-37-38-39-40-41-44-46-49-52-55-58-61-67(70)73-64-65(74-68(71)62-59-56-53-50-47-43-24-21-18-15-12-9-6-3)63-72-66(69)60-57-54-51-48-45-42-23-20-17-14-11-8-5-2/h9,11-12,14,18,20-21,23,43,47,53,56,65H,4-8,10,13,15-17,19,22,24-42,44-46,48-52,54-55,57-64H2,1-3H3/b12-9-,14-11-,21-18-,23-20-,47-43-,56-53-. The van der Waals surface area contributed by atoms with Crippen LogP contribution in [0.15, 0.2) is 72.9 Å². The fraction of sp³-hybridized carbons (Fsp3) is 0.779. The van der Waals surface area contributed by atoms with Crippen LogP contribution in [-0.4, -0.2) is 37.2 Å². The highest BCUT2D eigenvalue weighted by Crippen LogP contribution is 2.18. The molecule has 6 nitrogen and oxygen atoms in total. The molecule has 0 amide bonds. The Morgan fingerprint density at radius 3 is 0.932 bits per heavy atom. The first-order chi connectivity index (χ1) is 36.5. The van der Waals surface area contributed by atoms with Gasteiger partial charge in [0, 0.05) is 19.3 Å². The molecule has 0 aromatic heterocycles. The summed E-state index contributed by atoms with van der Waals surface area (Å²) in [6, 6.07) is 0. The predicted octanol–water partition coefficient (Wildman–Crippen LogP) is 21.7. The van der Waals surface area contributed by atoms with Gasteiger partial charge in [-0.25, -0.2) is 0 Å². The molecule has 428 valence electrons. The maximum atomic E-state index is 12.8. The van der Waals surface area contributed by atoms with Crippen molar-refractivity contribution in [1.82, 2.24) is 0 Å². The lowest BCUT2D eigenvalue weighted by molar-refractivity contribution is -0.166. The first-order valence-corrected chi connectivity index (χ1v) is 31.9. The summed E-state index contributed by atoms with van der Waals surface area (Å²) in [5.41, 5.74) is 0. The van der Waals surface area contributed by atoms with Crippen molar-refractivity contribution >= 4 is 17.9 Å². The number of unbranched alkanes of at least 4 members (excludes halogenated alkanes) is 35. The quantitative estimate of drug-likeness (QED) is 0.0261. The molecule has 74 heavy (non-hydrogen) atoms. The summed E-state index contributed by atoms with van der Waals surface area (Å²) in [7, 11) is 0. The lowest BCUT2D eigenvalue weighted by Crippen LogP contribution is -2.30. The monoisotopic (exact) mass is 1030 g/mol. The first-order valence-electron chi connectivity index (χ1n) is 31.9. The number of hydrogen-bond donors (Lipinski definition) is 0. The molecule has 6 heteroatoms. The van der Waals surface area contributed by atoms with Crippen molar-refractivity contribution in [3.63, 3.8) is 0 Å². The number of carbonyl (C=O) groups is 3. The van der Waals surface area contributed by atoms with Crippen LogP contribution in [0.25, 0.3) is 0 Å². The molecule has 0 saturated carbocycles. The zero-order valence-corrected chi connectivity index (χ0v) is 49.1. The van der Waals surface area contributed by atoms with Crippen molar-refractivity contribution in [3.8, 4) is 0 Å². The largest absolute Gasteiger partial charge is 0.462 e. The Morgan fingerprint density at radius 1 is 0.284 bits per heavy atom. The van der Waals surface area contributed by atoms with E-state index in [0.29, 0.717) is 19.3 Å². The van der Waals surface area contributed by atoms with E-state index in [-0.39, 0.29) is 31.6 Å². The van der Waals surface area contributed by atoms with E-state index in [1.165, 1.54) is 180 Å². The Labute approximate surface area is 459 Å². The number of hydrogen-bond acceptors (Lipinski definition) is 6. The molecule has 0 fully saturated rings. The molecule has 0 heterocycles. The summed E-state index contributed by atoms with van der Waals surface area (Å²) in [6.45, 7) is 6.42. The molecule has 0 aromatic carbocycles. The third-order valence-electron chi connectivity index (χ3n) is 13.9. The normalized spacial score (nSPS) is 12.5. The first kappa shape index (κ1) is 70.8. The minimum atomic E-state index is -0.818. The van der Waals surface area contributed by atoms with Gasteiger partial charge in [0.2, 0.25) is 0 Å². The Bertz CT molecular complexity index is 1370. The lowest BCUT2D eigenvalue weighted by Gasteiger charge is -2.18. The molecular weight excluding hydrogens is 913 g/mol. The molecule has 0 rings (SSSR count). The summed E-state index contributed by atoms with van der Waals surface area (Å²) in [4.78, 5) is 38.1. The lowest BCUT2D eigenvalue weighted by atomic mass is 10.0. The Hall–Kier alpha value is -3.15. The van der Waals surface area contributed by atoms with Gasteiger partial charge in [-0.2, -0.15) is 0 Å². The minimum Gasteiger partial charge on any atom is -0.462 e. The van der Waals surface area contributed by atoms with Crippen molar-refractivity contribution in [2.75, 3.05) is 13.2 Å². The number of esters is 3. The van der Waals surface area contributed by atoms with E-state index in [1.54, 1.807) is 0 Å². The summed E-state index contributed by atoms with van der Waals surface area (Å²) < 4.78 is 16.8. The Kier molecular flexibility index (Phi) is 59.7. The summed E-state index contributed by atoms with van der Waals surface area (Å²) >= 11 is 0. The van der Waals surface area contributed by atoms with Crippen LogP contribution >= 0.6 is 0 Å². The van der Waals surface area contributed by atoms with Crippen LogP contribution in [0, 0.1) is 0 Å². The summed E-state index contributed by atoms with van der Waals surface area (Å²) in [6.07, 6.45) is 81.0. The predicted molar refractivity (Wildman–Crippen MR) is 321 cm³/mol. The van der Waals surface area contributed by atoms with Gasteiger partial charge in [-0.1, -0.05) is 306 Å². The molecule has 0 aliphatic carbocycles. The minimum absolute atomic E-state index is 0.106. The fourth-order valence-corrected chi connectivity index (χ4v) is 9.20. The average Bonchev–Trinajstić information content (AvgIpc) is 3.40. The molecule has 0 spiro atoms. The van der Waals surface area contributed by atoms with Crippen LogP contribution in [-0.2, 0) is 28.6 Å². The topological polar surface area (TPSA) is 78.9 Å². The molecule has 0 aliphatic rings. The summed E-state index contributed by atoms with van der Waals surface area (Å²) in [5.74, 6) is -0.993. The average molecular weight is 1030 g/mol. The number of rotatable bonds is 58. The van der Waals surface area contributed by atoms with Gasteiger partial charge >= 0.3 is 17.9 Å². The SMILES string of the molecule is CC/C=C\C/C=C\C/C=C\C/C=C\CCC(=O)OC(COC(=O)CCCCCCC/C=C\C/C=C\CCC)COC(=O)CCCCCCCCCCCCCCCCCCCCCCCCCCCCCCCC. The highest BCUT2D eigenvalue weighted by atomic mass is 16.6. The van der Waals surface area contributed by atoms with Crippen LogP contribution in [0.5, 0.6) is 0 Å². The van der Waals surface area contributed by atoms with Gasteiger partial charge in [0.15, 0.2) is 6.10 Å². The van der Waals surface area contributed by atoms with Crippen molar-refractivity contribution in [2.45, 2.75) is 329 Å². The van der Waals surface area contributed by atoms with Gasteiger partial charge in [0.05, 0.1) is 0 Å². The molecule has 0 bridgehead atoms. The zero-order chi connectivity index (χ0) is 53.6. The molecule has 1 unspecified atom stereocenters. The highest BCUT2D eigenvalue weighted by molar-refractivity contribution is 5.71. The molecule has 0 radical (unpaired) electrons. The molecule has 0 aliphatic heterocycles. The van der Waals surface area contributed by atoms with E-state index in [2.05, 4.69) is 87.6 Å². The molecule has 0 N–H and O–H groups in total. The number of carbonyl (C=O) groups excluding carboxylic acids is 3. The van der Waals surface area contributed by atoms with Crippen LogP contribution in [0.1, 0.15) is 323 Å². The van der Waals surface area contributed by atoms with Crippen molar-refractivity contribution in [3.05, 3.63) is 72.9 Å². The summed E-state index contributed by atoms with van der Waals surface area (Å²) in [5, 5.41) is 0. The van der Waals surface area contributed by atoms with Gasteiger partial charge in [0.1, 0.15) is 13.2 Å². The van der Waals surface area contributed by atoms with E-state index < -0.39 is 12.1 Å². The van der Waals surface area contributed by atoms with E-state index in [0.717, 1.165) is 96.3 Å². The maximum Gasteiger partial charge on any atom is 0.306 e. The van der Waals surface area contributed by atoms with Gasteiger partial charge in [-0.15, -0.1) is 0 Å². The van der Waals surface area contributed by atoms with Crippen molar-refractivity contribution in [2.24, 2.45) is 0 Å². The molecule has 0 saturated heterocycles. The Balaban J connectivity index is 4.15. The smallest absolute Gasteiger partial charge is 0.306 e. The zero-order valence-electron chi connectivity index (χ0n) is 49.1. The second-order valence-electron chi connectivity index (χ2n) is 21.3. The van der Waals surface area contributed by atoms with Crippen LogP contribution in [0.2, 0.25) is 0 Å². The van der Waals surface area contributed by atoms with Gasteiger partial charge in [-0.3, -0.25) is 14.4 Å². The number of allylic oxidation sites excluding steroid dienone is 12. The Morgan fingerprint density at radius 2 is 0.581 bits per heavy atom.